The SMILES string of the molecule is O=C(Cc1ccccc1)N1CCN(C2CCCC2)CC1.O=C(O)C(=O)O. The lowest BCUT2D eigenvalue weighted by Crippen LogP contribution is -2.51. The van der Waals surface area contributed by atoms with Gasteiger partial charge in [0, 0.05) is 32.2 Å². The summed E-state index contributed by atoms with van der Waals surface area (Å²) in [6.45, 7) is 3.93. The number of hydrogen-bond acceptors (Lipinski definition) is 4. The first-order chi connectivity index (χ1) is 12.5. The van der Waals surface area contributed by atoms with Gasteiger partial charge in [-0.05, 0) is 18.4 Å². The third-order valence-electron chi connectivity index (χ3n) is 4.89. The lowest BCUT2D eigenvalue weighted by molar-refractivity contribution is -0.159. The minimum Gasteiger partial charge on any atom is -0.473 e. The summed E-state index contributed by atoms with van der Waals surface area (Å²) in [6.07, 6.45) is 6.04. The Morgan fingerprint density at radius 2 is 1.42 bits per heavy atom. The summed E-state index contributed by atoms with van der Waals surface area (Å²) in [4.78, 5) is 35.1. The van der Waals surface area contributed by atoms with Crippen molar-refractivity contribution in [3.05, 3.63) is 35.9 Å². The molecule has 0 radical (unpaired) electrons. The maximum atomic E-state index is 12.3. The van der Waals surface area contributed by atoms with Crippen molar-refractivity contribution in [2.45, 2.75) is 38.1 Å². The lowest BCUT2D eigenvalue weighted by atomic mass is 10.1. The maximum Gasteiger partial charge on any atom is 0.414 e. The number of carboxylic acid groups (broad SMARTS) is 2. The molecule has 1 heterocycles. The number of hydrogen-bond donors (Lipinski definition) is 2. The van der Waals surface area contributed by atoms with Crippen LogP contribution in [0.4, 0.5) is 0 Å². The van der Waals surface area contributed by atoms with Gasteiger partial charge in [-0.2, -0.15) is 0 Å². The highest BCUT2D eigenvalue weighted by molar-refractivity contribution is 6.27. The van der Waals surface area contributed by atoms with Crippen LogP contribution in [0.25, 0.3) is 0 Å². The van der Waals surface area contributed by atoms with Gasteiger partial charge in [0.15, 0.2) is 0 Å². The topological polar surface area (TPSA) is 98.2 Å². The average molecular weight is 362 g/mol. The molecular weight excluding hydrogens is 336 g/mol. The van der Waals surface area contributed by atoms with Crippen molar-refractivity contribution in [2.24, 2.45) is 0 Å². The van der Waals surface area contributed by atoms with Crippen LogP contribution in [0.2, 0.25) is 0 Å². The van der Waals surface area contributed by atoms with Crippen LogP contribution in [0, 0.1) is 0 Å². The number of rotatable bonds is 3. The van der Waals surface area contributed by atoms with Gasteiger partial charge in [0.2, 0.25) is 5.91 Å². The largest absolute Gasteiger partial charge is 0.473 e. The molecule has 0 unspecified atom stereocenters. The Labute approximate surface area is 153 Å². The van der Waals surface area contributed by atoms with Crippen molar-refractivity contribution >= 4 is 17.8 Å². The van der Waals surface area contributed by atoms with Crippen LogP contribution in [0.5, 0.6) is 0 Å². The monoisotopic (exact) mass is 362 g/mol. The number of benzene rings is 1. The van der Waals surface area contributed by atoms with Gasteiger partial charge >= 0.3 is 11.9 Å². The van der Waals surface area contributed by atoms with Crippen LogP contribution >= 0.6 is 0 Å². The molecule has 2 aliphatic rings. The predicted octanol–water partition coefficient (Wildman–Crippen LogP) is 1.47. The van der Waals surface area contributed by atoms with E-state index >= 15 is 0 Å². The number of amides is 1. The molecule has 1 saturated heterocycles. The number of aliphatic carboxylic acids is 2. The van der Waals surface area contributed by atoms with E-state index in [-0.39, 0.29) is 5.91 Å². The second kappa shape index (κ2) is 9.91. The quantitative estimate of drug-likeness (QED) is 0.790. The molecular formula is C19H26N2O5. The van der Waals surface area contributed by atoms with Crippen LogP contribution in [0.1, 0.15) is 31.2 Å². The van der Waals surface area contributed by atoms with E-state index in [1.54, 1.807) is 0 Å². The van der Waals surface area contributed by atoms with Gasteiger partial charge < -0.3 is 15.1 Å². The number of piperazine rings is 1. The molecule has 1 saturated carbocycles. The number of carbonyl (C=O) groups excluding carboxylic acids is 1. The first-order valence-corrected chi connectivity index (χ1v) is 8.99. The van der Waals surface area contributed by atoms with Gasteiger partial charge in [-0.3, -0.25) is 9.69 Å². The molecule has 0 atom stereocenters. The van der Waals surface area contributed by atoms with E-state index in [0.717, 1.165) is 37.8 Å². The summed E-state index contributed by atoms with van der Waals surface area (Å²) in [5.41, 5.74) is 1.12. The minimum atomic E-state index is -1.82. The Bertz CT molecular complexity index is 594. The molecule has 2 fully saturated rings. The third kappa shape index (κ3) is 6.15. The van der Waals surface area contributed by atoms with Crippen molar-refractivity contribution in [3.63, 3.8) is 0 Å². The van der Waals surface area contributed by atoms with E-state index in [0.29, 0.717) is 6.42 Å². The Balaban J connectivity index is 0.000000352. The number of carboxylic acids is 2. The van der Waals surface area contributed by atoms with Crippen LogP contribution < -0.4 is 0 Å². The standard InChI is InChI=1S/C17H24N2O.C2H2O4/c20-17(14-15-6-2-1-3-7-15)19-12-10-18(11-13-19)16-8-4-5-9-16;3-1(4)2(5)6/h1-3,6-7,16H,4-5,8-14H2;(H,3,4)(H,5,6). The van der Waals surface area contributed by atoms with Crippen LogP contribution in [0.15, 0.2) is 30.3 Å². The van der Waals surface area contributed by atoms with Crippen LogP contribution in [0.3, 0.4) is 0 Å². The molecule has 1 amide bonds. The fourth-order valence-corrected chi connectivity index (χ4v) is 3.49. The van der Waals surface area contributed by atoms with Gasteiger partial charge in [-0.1, -0.05) is 43.2 Å². The normalized spacial score (nSPS) is 18.1. The van der Waals surface area contributed by atoms with Gasteiger partial charge in [0.1, 0.15) is 0 Å². The molecule has 142 valence electrons. The molecule has 1 aliphatic heterocycles. The second-order valence-electron chi connectivity index (χ2n) is 6.63. The number of carbonyl (C=O) groups is 3. The summed E-state index contributed by atoms with van der Waals surface area (Å²) < 4.78 is 0. The van der Waals surface area contributed by atoms with Gasteiger partial charge in [-0.25, -0.2) is 9.59 Å². The maximum absolute atomic E-state index is 12.3. The van der Waals surface area contributed by atoms with Crippen molar-refractivity contribution in [3.8, 4) is 0 Å². The van der Waals surface area contributed by atoms with E-state index in [1.165, 1.54) is 25.7 Å². The zero-order valence-corrected chi connectivity index (χ0v) is 14.8. The second-order valence-corrected chi connectivity index (χ2v) is 6.63. The van der Waals surface area contributed by atoms with Gasteiger partial charge in [-0.15, -0.1) is 0 Å². The van der Waals surface area contributed by atoms with Crippen molar-refractivity contribution in [1.29, 1.82) is 0 Å². The zero-order valence-electron chi connectivity index (χ0n) is 14.8. The Hall–Kier alpha value is -2.41. The molecule has 0 spiro atoms. The number of nitrogens with zero attached hydrogens (tertiary/aromatic N) is 2. The fraction of sp³-hybridized carbons (Fsp3) is 0.526. The molecule has 0 bridgehead atoms. The fourth-order valence-electron chi connectivity index (χ4n) is 3.49. The Kier molecular flexibility index (Phi) is 7.59. The molecule has 2 N–H and O–H groups in total. The van der Waals surface area contributed by atoms with E-state index in [9.17, 15) is 4.79 Å². The summed E-state index contributed by atoms with van der Waals surface area (Å²) in [7, 11) is 0. The third-order valence-corrected chi connectivity index (χ3v) is 4.89. The molecule has 3 rings (SSSR count). The van der Waals surface area contributed by atoms with E-state index in [1.807, 2.05) is 35.2 Å². The molecule has 7 nitrogen and oxygen atoms in total. The van der Waals surface area contributed by atoms with E-state index < -0.39 is 11.9 Å². The van der Waals surface area contributed by atoms with Crippen molar-refractivity contribution in [1.82, 2.24) is 9.80 Å². The summed E-state index contributed by atoms with van der Waals surface area (Å²) in [5, 5.41) is 14.8. The van der Waals surface area contributed by atoms with E-state index in [2.05, 4.69) is 4.90 Å². The zero-order chi connectivity index (χ0) is 18.9. The first kappa shape index (κ1) is 19.9. The summed E-state index contributed by atoms with van der Waals surface area (Å²) in [6, 6.07) is 10.9. The summed E-state index contributed by atoms with van der Waals surface area (Å²) >= 11 is 0. The average Bonchev–Trinajstić information content (AvgIpc) is 3.18. The molecule has 1 aliphatic carbocycles. The van der Waals surface area contributed by atoms with Crippen molar-refractivity contribution in [2.75, 3.05) is 26.2 Å². The van der Waals surface area contributed by atoms with Gasteiger partial charge in [0.25, 0.3) is 0 Å². The Morgan fingerprint density at radius 1 is 0.885 bits per heavy atom. The van der Waals surface area contributed by atoms with Crippen LogP contribution in [-0.2, 0) is 20.8 Å². The van der Waals surface area contributed by atoms with E-state index in [4.69, 9.17) is 19.8 Å². The Morgan fingerprint density at radius 3 is 1.92 bits per heavy atom. The molecule has 0 aromatic heterocycles. The molecule has 1 aromatic carbocycles. The smallest absolute Gasteiger partial charge is 0.414 e. The highest BCUT2D eigenvalue weighted by Gasteiger charge is 2.27. The summed E-state index contributed by atoms with van der Waals surface area (Å²) in [5.74, 6) is -3.37. The van der Waals surface area contributed by atoms with Crippen molar-refractivity contribution < 1.29 is 24.6 Å². The van der Waals surface area contributed by atoms with Gasteiger partial charge in [0.05, 0.1) is 6.42 Å². The molecule has 1 aromatic rings. The minimum absolute atomic E-state index is 0.280. The molecule has 7 heteroatoms. The highest BCUT2D eigenvalue weighted by atomic mass is 16.4. The first-order valence-electron chi connectivity index (χ1n) is 8.99. The molecule has 26 heavy (non-hydrogen) atoms. The highest BCUT2D eigenvalue weighted by Crippen LogP contribution is 2.24. The lowest BCUT2D eigenvalue weighted by Gasteiger charge is -2.38. The predicted molar refractivity (Wildman–Crippen MR) is 95.8 cm³/mol. The van der Waals surface area contributed by atoms with Crippen LogP contribution in [-0.4, -0.2) is 70.1 Å².